The second kappa shape index (κ2) is 7.87. The molecule has 0 bridgehead atoms. The Bertz CT molecular complexity index is 885. The van der Waals surface area contributed by atoms with Crippen LogP contribution in [0.15, 0.2) is 36.5 Å². The van der Waals surface area contributed by atoms with Crippen molar-refractivity contribution < 1.29 is 23.1 Å². The SMILES string of the molecule is C#CC(C)(C)OC(=O)c1cc(CC(=O)Cc2cc(F)ccc2F)ccn1. The number of Topliss-reactive ketones (excluding diaryl/α,β-unsaturated/α-hetero) is 1. The lowest BCUT2D eigenvalue weighted by molar-refractivity contribution is -0.117. The molecular weight excluding hydrogens is 340 g/mol. The summed E-state index contributed by atoms with van der Waals surface area (Å²) in [5.41, 5.74) is -0.582. The van der Waals surface area contributed by atoms with E-state index in [2.05, 4.69) is 10.9 Å². The van der Waals surface area contributed by atoms with Crippen molar-refractivity contribution in [1.29, 1.82) is 0 Å². The third kappa shape index (κ3) is 5.21. The maximum absolute atomic E-state index is 13.6. The molecule has 0 aliphatic rings. The van der Waals surface area contributed by atoms with Crippen LogP contribution < -0.4 is 0 Å². The van der Waals surface area contributed by atoms with E-state index in [9.17, 15) is 18.4 Å². The van der Waals surface area contributed by atoms with Crippen LogP contribution in [0.25, 0.3) is 0 Å². The smallest absolute Gasteiger partial charge is 0.358 e. The number of hydrogen-bond acceptors (Lipinski definition) is 4. The Labute approximate surface area is 150 Å². The lowest BCUT2D eigenvalue weighted by Crippen LogP contribution is -2.26. The number of aromatic nitrogens is 1. The summed E-state index contributed by atoms with van der Waals surface area (Å²) in [5.74, 6) is 0.0403. The fraction of sp³-hybridized carbons (Fsp3) is 0.250. The van der Waals surface area contributed by atoms with E-state index in [4.69, 9.17) is 11.2 Å². The van der Waals surface area contributed by atoms with Gasteiger partial charge in [0.1, 0.15) is 23.1 Å². The minimum absolute atomic E-state index is 0.00978. The summed E-state index contributed by atoms with van der Waals surface area (Å²) in [5, 5.41) is 0. The molecule has 0 fully saturated rings. The Morgan fingerprint density at radius 3 is 2.62 bits per heavy atom. The van der Waals surface area contributed by atoms with Crippen molar-refractivity contribution in [2.24, 2.45) is 0 Å². The van der Waals surface area contributed by atoms with E-state index in [-0.39, 0.29) is 29.9 Å². The number of pyridine rings is 1. The van der Waals surface area contributed by atoms with Gasteiger partial charge in [-0.05, 0) is 55.3 Å². The lowest BCUT2D eigenvalue weighted by atomic mass is 10.0. The summed E-state index contributed by atoms with van der Waals surface area (Å²) in [6.07, 6.45) is 6.33. The number of halogens is 2. The van der Waals surface area contributed by atoms with Crippen molar-refractivity contribution >= 4 is 11.8 Å². The van der Waals surface area contributed by atoms with Gasteiger partial charge in [-0.15, -0.1) is 6.42 Å². The number of esters is 1. The average molecular weight is 357 g/mol. The highest BCUT2D eigenvalue weighted by atomic mass is 19.1. The zero-order valence-corrected chi connectivity index (χ0v) is 14.4. The minimum atomic E-state index is -1.08. The molecule has 0 radical (unpaired) electrons. The molecule has 0 amide bonds. The summed E-state index contributed by atoms with van der Waals surface area (Å²) in [7, 11) is 0. The van der Waals surface area contributed by atoms with Crippen LogP contribution in [0, 0.1) is 24.0 Å². The molecule has 0 atom stereocenters. The molecular formula is C20H17F2NO3. The number of carbonyl (C=O) groups is 2. The van der Waals surface area contributed by atoms with Gasteiger partial charge in [-0.3, -0.25) is 4.79 Å². The van der Waals surface area contributed by atoms with Gasteiger partial charge in [0.25, 0.3) is 0 Å². The summed E-state index contributed by atoms with van der Waals surface area (Å²) in [6, 6.07) is 5.93. The largest absolute Gasteiger partial charge is 0.442 e. The Hall–Kier alpha value is -3.07. The van der Waals surface area contributed by atoms with Crippen molar-refractivity contribution in [1.82, 2.24) is 4.98 Å². The Morgan fingerprint density at radius 2 is 1.92 bits per heavy atom. The first kappa shape index (κ1) is 19.3. The summed E-state index contributed by atoms with van der Waals surface area (Å²) >= 11 is 0. The summed E-state index contributed by atoms with van der Waals surface area (Å²) in [6.45, 7) is 3.12. The highest BCUT2D eigenvalue weighted by molar-refractivity contribution is 5.88. The monoisotopic (exact) mass is 357 g/mol. The van der Waals surface area contributed by atoms with E-state index in [0.29, 0.717) is 5.56 Å². The van der Waals surface area contributed by atoms with E-state index in [0.717, 1.165) is 18.2 Å². The van der Waals surface area contributed by atoms with Gasteiger partial charge in [-0.2, -0.15) is 0 Å². The van der Waals surface area contributed by atoms with Crippen LogP contribution in [-0.2, 0) is 22.4 Å². The van der Waals surface area contributed by atoms with Crippen molar-refractivity contribution in [2.75, 3.05) is 0 Å². The maximum atomic E-state index is 13.6. The number of rotatable bonds is 6. The molecule has 0 aliphatic carbocycles. The Kier molecular flexibility index (Phi) is 5.83. The predicted molar refractivity (Wildman–Crippen MR) is 91.3 cm³/mol. The van der Waals surface area contributed by atoms with Crippen LogP contribution in [0.1, 0.15) is 35.5 Å². The fourth-order valence-corrected chi connectivity index (χ4v) is 2.19. The van der Waals surface area contributed by atoms with Gasteiger partial charge >= 0.3 is 5.97 Å². The number of benzene rings is 1. The number of nitrogens with zero attached hydrogens (tertiary/aromatic N) is 1. The van der Waals surface area contributed by atoms with Crippen LogP contribution in [-0.4, -0.2) is 22.3 Å². The number of ketones is 1. The second-order valence-corrected chi connectivity index (χ2v) is 6.22. The van der Waals surface area contributed by atoms with E-state index in [1.807, 2.05) is 0 Å². The number of carbonyl (C=O) groups excluding carboxylic acids is 2. The molecule has 134 valence electrons. The molecule has 2 aromatic rings. The van der Waals surface area contributed by atoms with Crippen molar-refractivity contribution in [3.63, 3.8) is 0 Å². The highest BCUT2D eigenvalue weighted by Gasteiger charge is 2.22. The van der Waals surface area contributed by atoms with Crippen LogP contribution in [0.3, 0.4) is 0 Å². The second-order valence-electron chi connectivity index (χ2n) is 6.22. The summed E-state index contributed by atoms with van der Waals surface area (Å²) < 4.78 is 31.9. The molecule has 0 saturated heterocycles. The summed E-state index contributed by atoms with van der Waals surface area (Å²) in [4.78, 5) is 28.1. The molecule has 4 nitrogen and oxygen atoms in total. The molecule has 0 unspecified atom stereocenters. The quantitative estimate of drug-likeness (QED) is 0.588. The van der Waals surface area contributed by atoms with Gasteiger partial charge < -0.3 is 4.74 Å². The fourth-order valence-electron chi connectivity index (χ4n) is 2.19. The van der Waals surface area contributed by atoms with E-state index < -0.39 is 23.2 Å². The molecule has 0 N–H and O–H groups in total. The van der Waals surface area contributed by atoms with Gasteiger partial charge in [0.05, 0.1) is 0 Å². The highest BCUT2D eigenvalue weighted by Crippen LogP contribution is 2.14. The van der Waals surface area contributed by atoms with Gasteiger partial charge in [-0.1, -0.05) is 5.92 Å². The first-order valence-electron chi connectivity index (χ1n) is 7.82. The van der Waals surface area contributed by atoms with Gasteiger partial charge in [0.2, 0.25) is 0 Å². The number of terminal acetylenes is 1. The molecule has 0 spiro atoms. The first-order chi connectivity index (χ1) is 12.2. The molecule has 2 rings (SSSR count). The van der Waals surface area contributed by atoms with E-state index in [1.54, 1.807) is 19.9 Å². The molecule has 26 heavy (non-hydrogen) atoms. The predicted octanol–water partition coefficient (Wildman–Crippen LogP) is 3.28. The molecule has 1 heterocycles. The molecule has 1 aromatic heterocycles. The third-order valence-electron chi connectivity index (χ3n) is 3.53. The minimum Gasteiger partial charge on any atom is -0.442 e. The van der Waals surface area contributed by atoms with Gasteiger partial charge in [0.15, 0.2) is 5.60 Å². The standard InChI is InChI=1S/C20H17F2NO3/c1-4-20(2,3)26-19(25)18-10-13(7-8-23-18)9-16(24)12-14-11-15(21)5-6-17(14)22/h1,5-8,10-11H,9,12H2,2-3H3. The molecule has 6 heteroatoms. The van der Waals surface area contributed by atoms with Crippen LogP contribution in [0.2, 0.25) is 0 Å². The van der Waals surface area contributed by atoms with Crippen molar-refractivity contribution in [3.05, 3.63) is 65.0 Å². The van der Waals surface area contributed by atoms with Crippen LogP contribution in [0.5, 0.6) is 0 Å². The zero-order chi connectivity index (χ0) is 19.3. The maximum Gasteiger partial charge on any atom is 0.358 e. The van der Waals surface area contributed by atoms with Crippen LogP contribution >= 0.6 is 0 Å². The van der Waals surface area contributed by atoms with Gasteiger partial charge in [0, 0.05) is 19.0 Å². The lowest BCUT2D eigenvalue weighted by Gasteiger charge is -2.18. The van der Waals surface area contributed by atoms with E-state index in [1.165, 1.54) is 12.3 Å². The average Bonchev–Trinajstić information content (AvgIpc) is 2.58. The zero-order valence-electron chi connectivity index (χ0n) is 14.4. The van der Waals surface area contributed by atoms with Crippen molar-refractivity contribution in [3.8, 4) is 12.3 Å². The first-order valence-corrected chi connectivity index (χ1v) is 7.82. The Morgan fingerprint density at radius 1 is 1.19 bits per heavy atom. The van der Waals surface area contributed by atoms with E-state index >= 15 is 0 Å². The number of ether oxygens (including phenoxy) is 1. The molecule has 0 saturated carbocycles. The number of hydrogen-bond donors (Lipinski definition) is 0. The van der Waals surface area contributed by atoms with Crippen molar-refractivity contribution in [2.45, 2.75) is 32.3 Å². The van der Waals surface area contributed by atoms with Gasteiger partial charge in [-0.25, -0.2) is 18.6 Å². The third-order valence-corrected chi connectivity index (χ3v) is 3.53. The van der Waals surface area contributed by atoms with Crippen LogP contribution in [0.4, 0.5) is 8.78 Å². The normalized spacial score (nSPS) is 10.9. The Balaban J connectivity index is 2.08. The molecule has 1 aromatic carbocycles. The topological polar surface area (TPSA) is 56.3 Å². The molecule has 0 aliphatic heterocycles.